The maximum absolute atomic E-state index is 6.03. The van der Waals surface area contributed by atoms with Gasteiger partial charge < -0.3 is 4.74 Å². The van der Waals surface area contributed by atoms with E-state index in [0.29, 0.717) is 10.7 Å². The number of thioether (sulfide) groups is 1. The molecule has 2 fully saturated rings. The first-order valence-electron chi connectivity index (χ1n) is 5.52. The zero-order chi connectivity index (χ0) is 10.2. The summed E-state index contributed by atoms with van der Waals surface area (Å²) in [7, 11) is 0. The van der Waals surface area contributed by atoms with Crippen molar-refractivity contribution in [1.29, 1.82) is 0 Å². The molecule has 2 atom stereocenters. The Balaban J connectivity index is 0.00000112. The van der Waals surface area contributed by atoms with Crippen molar-refractivity contribution in [2.45, 2.75) is 44.6 Å². The Labute approximate surface area is 103 Å². The summed E-state index contributed by atoms with van der Waals surface area (Å²) < 4.78 is 6.03. The van der Waals surface area contributed by atoms with Gasteiger partial charge in [0.25, 0.3) is 0 Å². The van der Waals surface area contributed by atoms with Gasteiger partial charge in [-0.05, 0) is 25.5 Å². The molecular weight excluding hydrogens is 230 g/mol. The molecular formula is C11H22ClNOS. The second-order valence-corrected chi connectivity index (χ2v) is 6.73. The third-order valence-corrected chi connectivity index (χ3v) is 4.84. The van der Waals surface area contributed by atoms with Crippen LogP contribution in [0, 0.1) is 5.41 Å². The lowest BCUT2D eigenvalue weighted by atomic mass is 9.91. The van der Waals surface area contributed by atoms with Crippen LogP contribution in [0.1, 0.15) is 33.6 Å². The summed E-state index contributed by atoms with van der Waals surface area (Å²) >= 11 is 2.06. The van der Waals surface area contributed by atoms with Gasteiger partial charge in [-0.25, -0.2) is 0 Å². The van der Waals surface area contributed by atoms with Gasteiger partial charge in [-0.2, -0.15) is 11.8 Å². The topological polar surface area (TPSA) is 21.3 Å². The highest BCUT2D eigenvalue weighted by Crippen LogP contribution is 2.38. The Morgan fingerprint density at radius 1 is 1.33 bits per heavy atom. The first-order valence-corrected chi connectivity index (χ1v) is 6.57. The highest BCUT2D eigenvalue weighted by atomic mass is 35.5. The molecule has 2 aliphatic rings. The molecule has 0 aromatic heterocycles. The highest BCUT2D eigenvalue weighted by Gasteiger charge is 2.42. The average molecular weight is 252 g/mol. The van der Waals surface area contributed by atoms with Crippen molar-refractivity contribution in [3.05, 3.63) is 0 Å². The maximum atomic E-state index is 6.03. The number of ether oxygens (including phenoxy) is 1. The zero-order valence-corrected chi connectivity index (χ0v) is 11.5. The van der Waals surface area contributed by atoms with Gasteiger partial charge in [0.15, 0.2) is 0 Å². The second-order valence-electron chi connectivity index (χ2n) is 5.42. The van der Waals surface area contributed by atoms with Crippen LogP contribution >= 0.6 is 24.2 Å². The van der Waals surface area contributed by atoms with Crippen molar-refractivity contribution >= 4 is 24.2 Å². The van der Waals surface area contributed by atoms with E-state index in [0.717, 1.165) is 13.2 Å². The van der Waals surface area contributed by atoms with Gasteiger partial charge in [0.1, 0.15) is 5.72 Å². The SMILES string of the molecule is CC1(C)CNC(C)(C2CCCS2)OC1.Cl. The summed E-state index contributed by atoms with van der Waals surface area (Å²) in [6.07, 6.45) is 2.65. The number of hydrogen-bond acceptors (Lipinski definition) is 3. The van der Waals surface area contributed by atoms with Crippen molar-refractivity contribution in [1.82, 2.24) is 5.32 Å². The Hall–Kier alpha value is 0.560. The van der Waals surface area contributed by atoms with Crippen LogP contribution in [0.5, 0.6) is 0 Å². The van der Waals surface area contributed by atoms with Crippen LogP contribution in [0.3, 0.4) is 0 Å². The van der Waals surface area contributed by atoms with Crippen LogP contribution in [-0.4, -0.2) is 29.9 Å². The number of rotatable bonds is 1. The summed E-state index contributed by atoms with van der Waals surface area (Å²) in [6, 6.07) is 0. The molecule has 0 radical (unpaired) electrons. The fourth-order valence-electron chi connectivity index (χ4n) is 2.08. The Morgan fingerprint density at radius 3 is 2.53 bits per heavy atom. The number of nitrogens with one attached hydrogen (secondary N) is 1. The van der Waals surface area contributed by atoms with Crippen molar-refractivity contribution in [2.75, 3.05) is 18.9 Å². The molecule has 0 bridgehead atoms. The minimum atomic E-state index is -0.0727. The molecule has 0 spiro atoms. The number of hydrogen-bond donors (Lipinski definition) is 1. The van der Waals surface area contributed by atoms with E-state index in [-0.39, 0.29) is 18.1 Å². The van der Waals surface area contributed by atoms with E-state index < -0.39 is 0 Å². The van der Waals surface area contributed by atoms with Gasteiger partial charge in [-0.15, -0.1) is 12.4 Å². The van der Waals surface area contributed by atoms with E-state index in [1.54, 1.807) is 0 Å². The first-order chi connectivity index (χ1) is 6.52. The lowest BCUT2D eigenvalue weighted by Gasteiger charge is -2.45. The molecule has 15 heavy (non-hydrogen) atoms. The van der Waals surface area contributed by atoms with Crippen LogP contribution < -0.4 is 5.32 Å². The van der Waals surface area contributed by atoms with Crippen LogP contribution in [0.15, 0.2) is 0 Å². The summed E-state index contributed by atoms with van der Waals surface area (Å²) in [5, 5.41) is 4.24. The summed E-state index contributed by atoms with van der Waals surface area (Å²) in [5.41, 5.74) is 0.222. The molecule has 0 saturated carbocycles. The third-order valence-electron chi connectivity index (χ3n) is 3.22. The highest BCUT2D eigenvalue weighted by molar-refractivity contribution is 8.00. The largest absolute Gasteiger partial charge is 0.359 e. The van der Waals surface area contributed by atoms with Gasteiger partial charge in [0.05, 0.1) is 6.61 Å². The molecule has 0 amide bonds. The van der Waals surface area contributed by atoms with Crippen LogP contribution in [0.4, 0.5) is 0 Å². The van der Waals surface area contributed by atoms with Crippen molar-refractivity contribution < 1.29 is 4.74 Å². The van der Waals surface area contributed by atoms with Gasteiger partial charge in [-0.1, -0.05) is 13.8 Å². The molecule has 0 aromatic carbocycles. The molecule has 90 valence electrons. The van der Waals surface area contributed by atoms with Crippen LogP contribution in [0.25, 0.3) is 0 Å². The van der Waals surface area contributed by atoms with Crippen molar-refractivity contribution in [3.63, 3.8) is 0 Å². The Kier molecular flexibility index (Phi) is 4.38. The van der Waals surface area contributed by atoms with E-state index in [1.165, 1.54) is 18.6 Å². The Bertz CT molecular complexity index is 207. The van der Waals surface area contributed by atoms with E-state index in [4.69, 9.17) is 4.74 Å². The van der Waals surface area contributed by atoms with Crippen molar-refractivity contribution in [2.24, 2.45) is 5.41 Å². The minimum absolute atomic E-state index is 0. The molecule has 2 saturated heterocycles. The predicted octanol–water partition coefficient (Wildman–Crippen LogP) is 2.67. The van der Waals surface area contributed by atoms with Gasteiger partial charge in [0.2, 0.25) is 0 Å². The van der Waals surface area contributed by atoms with Gasteiger partial charge in [-0.3, -0.25) is 5.32 Å². The number of halogens is 1. The van der Waals surface area contributed by atoms with E-state index in [9.17, 15) is 0 Å². The monoisotopic (exact) mass is 251 g/mol. The first kappa shape index (κ1) is 13.6. The maximum Gasteiger partial charge on any atom is 0.128 e. The molecule has 2 unspecified atom stereocenters. The smallest absolute Gasteiger partial charge is 0.128 e. The normalized spacial score (nSPS) is 39.8. The van der Waals surface area contributed by atoms with Crippen molar-refractivity contribution in [3.8, 4) is 0 Å². The summed E-state index contributed by atoms with van der Waals surface area (Å²) in [6.45, 7) is 8.67. The van der Waals surface area contributed by atoms with Gasteiger partial charge in [0, 0.05) is 17.2 Å². The lowest BCUT2D eigenvalue weighted by Crippen LogP contribution is -2.60. The molecule has 0 aromatic rings. The summed E-state index contributed by atoms with van der Waals surface area (Å²) in [4.78, 5) is 0. The van der Waals surface area contributed by atoms with E-state index in [1.807, 2.05) is 0 Å². The second kappa shape index (κ2) is 4.82. The van der Waals surface area contributed by atoms with Crippen LogP contribution in [-0.2, 0) is 4.74 Å². The third kappa shape index (κ3) is 3.02. The lowest BCUT2D eigenvalue weighted by molar-refractivity contribution is -0.126. The fourth-order valence-corrected chi connectivity index (χ4v) is 3.50. The molecule has 2 nitrogen and oxygen atoms in total. The zero-order valence-electron chi connectivity index (χ0n) is 9.84. The molecule has 2 aliphatic heterocycles. The standard InChI is InChI=1S/C11H21NOS.ClH/c1-10(2)7-12-11(3,13-8-10)9-5-4-6-14-9;/h9,12H,4-8H2,1-3H3;1H. The molecule has 2 rings (SSSR count). The minimum Gasteiger partial charge on any atom is -0.359 e. The molecule has 0 aliphatic carbocycles. The van der Waals surface area contributed by atoms with E-state index in [2.05, 4.69) is 37.8 Å². The van der Waals surface area contributed by atoms with Crippen LogP contribution in [0.2, 0.25) is 0 Å². The molecule has 4 heteroatoms. The van der Waals surface area contributed by atoms with Gasteiger partial charge >= 0.3 is 0 Å². The fraction of sp³-hybridized carbons (Fsp3) is 1.00. The quantitative estimate of drug-likeness (QED) is 0.774. The van der Waals surface area contributed by atoms with E-state index >= 15 is 0 Å². The predicted molar refractivity (Wildman–Crippen MR) is 68.9 cm³/mol. The molecule has 1 N–H and O–H groups in total. The average Bonchev–Trinajstić information content (AvgIpc) is 2.64. The molecule has 2 heterocycles. The Morgan fingerprint density at radius 2 is 2.07 bits per heavy atom. The summed E-state index contributed by atoms with van der Waals surface area (Å²) in [5.74, 6) is 1.30.